The van der Waals surface area contributed by atoms with Crippen LogP contribution in [0.15, 0.2) is 170 Å². The van der Waals surface area contributed by atoms with Crippen molar-refractivity contribution in [2.24, 2.45) is 0 Å². The first kappa shape index (κ1) is 85.9. The van der Waals surface area contributed by atoms with Gasteiger partial charge in [-0.2, -0.15) is 0 Å². The third-order valence-electron chi connectivity index (χ3n) is 12.9. The second-order valence-corrected chi connectivity index (χ2v) is 24.4. The number of unbranched alkanes of at least 4 members (excludes halogenated alkanes) is 10. The lowest BCUT2D eigenvalue weighted by Crippen LogP contribution is -2.30. The Morgan fingerprint density at radius 3 is 0.934 bits per heavy atom. The van der Waals surface area contributed by atoms with E-state index in [2.05, 4.69) is 179 Å². The Morgan fingerprint density at radius 1 is 0.308 bits per heavy atom. The normalized spacial score (nSPS) is 15.3. The zero-order valence-corrected chi connectivity index (χ0v) is 57.2. The average molecular weight is 1310 g/mol. The molecule has 0 spiro atoms. The number of phosphoric acid groups is 2. The quantitative estimate of drug-likeness (QED) is 0.0146. The topological polar surface area (TPSA) is 231 Å². The Labute approximate surface area is 548 Å². The van der Waals surface area contributed by atoms with Crippen LogP contribution in [0.2, 0.25) is 0 Å². The van der Waals surface area contributed by atoms with E-state index >= 15 is 0 Å². The minimum absolute atomic E-state index is 0.0729. The Hall–Kier alpha value is -5.09. The SMILES string of the molecule is CC/C=C\C/C=C\C/C=C\C/C=C\C/C=C\C/C=C\CCCCC(=O)OCC(O)COP(=O)(O)OCC(O)COP(=O)(O)OCC(COC(=O)CCC/C=C\C/C=C\C/C=C\C/C=C\C/C=C\CC)OC(=O)CCCCCCCCC/C=C\C/C=C\C/C=C\CC. The van der Waals surface area contributed by atoms with Crippen LogP contribution in [0.25, 0.3) is 0 Å². The zero-order chi connectivity index (χ0) is 66.7. The van der Waals surface area contributed by atoms with Gasteiger partial charge in [0, 0.05) is 19.3 Å². The number of carbonyl (C=O) groups excluding carboxylic acids is 3. The van der Waals surface area contributed by atoms with Crippen molar-refractivity contribution >= 4 is 33.6 Å². The summed E-state index contributed by atoms with van der Waals surface area (Å²) in [4.78, 5) is 58.3. The lowest BCUT2D eigenvalue weighted by atomic mass is 10.1. The van der Waals surface area contributed by atoms with Crippen LogP contribution in [0.3, 0.4) is 0 Å². The van der Waals surface area contributed by atoms with Gasteiger partial charge in [0.05, 0.1) is 26.4 Å². The fourth-order valence-electron chi connectivity index (χ4n) is 7.92. The number of hydrogen-bond acceptors (Lipinski definition) is 14. The molecule has 0 bridgehead atoms. The van der Waals surface area contributed by atoms with Crippen LogP contribution in [0.4, 0.5) is 0 Å². The molecule has 4 N–H and O–H groups in total. The first-order chi connectivity index (χ1) is 44.2. The van der Waals surface area contributed by atoms with Crippen molar-refractivity contribution in [2.75, 3.05) is 39.6 Å². The van der Waals surface area contributed by atoms with Crippen molar-refractivity contribution in [1.82, 2.24) is 0 Å². The molecule has 0 aromatic heterocycles. The van der Waals surface area contributed by atoms with Crippen molar-refractivity contribution in [2.45, 2.75) is 232 Å². The molecule has 0 aromatic carbocycles. The third-order valence-corrected chi connectivity index (χ3v) is 14.8. The summed E-state index contributed by atoms with van der Waals surface area (Å²) in [6.45, 7) is 2.15. The summed E-state index contributed by atoms with van der Waals surface area (Å²) in [6, 6.07) is 0. The maximum absolute atomic E-state index is 12.9. The molecule has 16 nitrogen and oxygen atoms in total. The van der Waals surface area contributed by atoms with Gasteiger partial charge in [-0.1, -0.05) is 223 Å². The molecule has 514 valence electrons. The van der Waals surface area contributed by atoms with Crippen LogP contribution in [0.5, 0.6) is 0 Å². The second kappa shape index (κ2) is 65.0. The first-order valence-electron chi connectivity index (χ1n) is 33.4. The molecule has 0 amide bonds. The van der Waals surface area contributed by atoms with E-state index in [-0.39, 0.29) is 19.3 Å². The fraction of sp³-hybridized carbons (Fsp3) is 0.575. The largest absolute Gasteiger partial charge is 0.472 e. The molecule has 0 heterocycles. The van der Waals surface area contributed by atoms with Gasteiger partial charge in [0.1, 0.15) is 25.4 Å². The van der Waals surface area contributed by atoms with Gasteiger partial charge in [-0.15, -0.1) is 0 Å². The Balaban J connectivity index is 4.80. The lowest BCUT2D eigenvalue weighted by molar-refractivity contribution is -0.161. The van der Waals surface area contributed by atoms with E-state index in [1.54, 1.807) is 0 Å². The lowest BCUT2D eigenvalue weighted by Gasteiger charge is -2.21. The minimum atomic E-state index is -4.95. The van der Waals surface area contributed by atoms with E-state index in [1.807, 2.05) is 12.2 Å². The molecule has 0 saturated carbocycles. The molecule has 0 aliphatic carbocycles. The molecule has 0 aromatic rings. The summed E-state index contributed by atoms with van der Waals surface area (Å²) >= 11 is 0. The van der Waals surface area contributed by atoms with Gasteiger partial charge in [-0.3, -0.25) is 32.5 Å². The fourth-order valence-corrected chi connectivity index (χ4v) is 9.50. The monoisotopic (exact) mass is 1310 g/mol. The standard InChI is InChI=1S/C73H116O16P2/c1-4-7-10-13-16-19-22-25-28-31-32-33-34-37-39-41-44-47-50-53-56-59-71(76)83-62-68(74)63-85-90(79,80)86-64-69(75)65-87-91(81,82)88-67-70(89-73(78)61-58-55-52-49-46-43-40-36-30-27-24-21-18-15-12-9-6-3)66-84-72(77)60-57-54-51-48-45-42-38-35-29-26-23-20-17-14-11-8-5-2/h7-12,16-21,25-30,32-33,37-39,42,44,47-48,51,68-70,74-75H,4-6,13-15,22-24,31,34-36,40-41,43,45-46,49-50,52-67H2,1-3H3,(H,79,80)(H,81,82)/b10-7-,11-8-,12-9-,19-16-,20-17-,21-18-,28-25-,29-26-,30-27-,33-32-,39-37-,42-38-,47-44-,51-48-. The molecule has 0 rings (SSSR count). The zero-order valence-electron chi connectivity index (χ0n) is 55.4. The summed E-state index contributed by atoms with van der Waals surface area (Å²) in [5, 5.41) is 20.5. The van der Waals surface area contributed by atoms with E-state index in [4.69, 9.17) is 32.3 Å². The Bertz CT molecular complexity index is 2340. The van der Waals surface area contributed by atoms with Gasteiger partial charge >= 0.3 is 33.6 Å². The number of aliphatic hydroxyl groups excluding tert-OH is 2. The van der Waals surface area contributed by atoms with Gasteiger partial charge < -0.3 is 34.2 Å². The summed E-state index contributed by atoms with van der Waals surface area (Å²) in [5.74, 6) is -1.71. The van der Waals surface area contributed by atoms with E-state index in [0.717, 1.165) is 148 Å². The molecule has 0 radical (unpaired) electrons. The van der Waals surface area contributed by atoms with E-state index in [9.17, 15) is 43.5 Å². The van der Waals surface area contributed by atoms with Crippen molar-refractivity contribution in [1.29, 1.82) is 0 Å². The summed E-state index contributed by atoms with van der Waals surface area (Å²) < 4.78 is 60.8. The highest BCUT2D eigenvalue weighted by atomic mass is 31.2. The van der Waals surface area contributed by atoms with Gasteiger partial charge in [0.25, 0.3) is 0 Å². The molecule has 5 atom stereocenters. The Morgan fingerprint density at radius 2 is 0.560 bits per heavy atom. The highest BCUT2D eigenvalue weighted by Crippen LogP contribution is 2.45. The number of phosphoric ester groups is 2. The average Bonchev–Trinajstić information content (AvgIpc) is 3.74. The molecule has 0 aliphatic rings. The molecule has 5 unspecified atom stereocenters. The predicted molar refractivity (Wildman–Crippen MR) is 371 cm³/mol. The van der Waals surface area contributed by atoms with Gasteiger partial charge in [-0.05, 0) is 141 Å². The van der Waals surface area contributed by atoms with Gasteiger partial charge in [-0.25, -0.2) is 9.13 Å². The van der Waals surface area contributed by atoms with Gasteiger partial charge in [0.2, 0.25) is 0 Å². The number of rotatable bonds is 61. The number of hydrogen-bond donors (Lipinski definition) is 4. The number of allylic oxidation sites excluding steroid dienone is 28. The number of esters is 3. The molecule has 0 saturated heterocycles. The van der Waals surface area contributed by atoms with Crippen molar-refractivity contribution < 1.29 is 75.8 Å². The number of ether oxygens (including phenoxy) is 3. The van der Waals surface area contributed by atoms with Crippen molar-refractivity contribution in [3.63, 3.8) is 0 Å². The van der Waals surface area contributed by atoms with Crippen LogP contribution in [-0.2, 0) is 55.8 Å². The smallest absolute Gasteiger partial charge is 0.463 e. The van der Waals surface area contributed by atoms with E-state index in [1.165, 1.54) is 0 Å². The van der Waals surface area contributed by atoms with Crippen LogP contribution in [0.1, 0.15) is 213 Å². The molecule has 18 heteroatoms. The number of carbonyl (C=O) groups is 3. The highest BCUT2D eigenvalue weighted by molar-refractivity contribution is 7.47. The van der Waals surface area contributed by atoms with Crippen LogP contribution >= 0.6 is 15.6 Å². The Kier molecular flexibility index (Phi) is 61.4. The van der Waals surface area contributed by atoms with Crippen molar-refractivity contribution in [3.05, 3.63) is 170 Å². The van der Waals surface area contributed by atoms with Gasteiger partial charge in [0.15, 0.2) is 6.10 Å². The second-order valence-electron chi connectivity index (χ2n) is 21.5. The van der Waals surface area contributed by atoms with E-state index < -0.39 is 91.5 Å². The third kappa shape index (κ3) is 66.2. The molecule has 0 aliphatic heterocycles. The molecular formula is C73H116O16P2. The summed E-state index contributed by atoms with van der Waals surface area (Å²) in [7, 11) is -9.82. The summed E-state index contributed by atoms with van der Waals surface area (Å²) in [6.07, 6.45) is 79.9. The number of aliphatic hydroxyl groups is 2. The molecular weight excluding hydrogens is 1190 g/mol. The van der Waals surface area contributed by atoms with Crippen LogP contribution in [0, 0.1) is 0 Å². The van der Waals surface area contributed by atoms with E-state index in [0.29, 0.717) is 25.7 Å². The molecule has 91 heavy (non-hydrogen) atoms. The maximum Gasteiger partial charge on any atom is 0.472 e. The maximum atomic E-state index is 12.9. The highest BCUT2D eigenvalue weighted by Gasteiger charge is 2.29. The summed E-state index contributed by atoms with van der Waals surface area (Å²) in [5.41, 5.74) is 0. The van der Waals surface area contributed by atoms with Crippen LogP contribution in [-0.4, -0.2) is 95.9 Å². The van der Waals surface area contributed by atoms with Crippen molar-refractivity contribution in [3.8, 4) is 0 Å². The van der Waals surface area contributed by atoms with Crippen LogP contribution < -0.4 is 0 Å². The minimum Gasteiger partial charge on any atom is -0.463 e. The first-order valence-corrected chi connectivity index (χ1v) is 36.4. The molecule has 0 fully saturated rings. The predicted octanol–water partition coefficient (Wildman–Crippen LogP) is 18.5.